The molecule has 0 spiro atoms. The smallest absolute Gasteiger partial charge is 0.406 e. The number of alkyl halides is 3. The quantitative estimate of drug-likeness (QED) is 0.577. The Morgan fingerprint density at radius 3 is 2.45 bits per heavy atom. The van der Waals surface area contributed by atoms with Crippen LogP contribution in [0.5, 0.6) is 5.75 Å². The second kappa shape index (κ2) is 9.32. The number of nitrogens with one attached hydrogen (secondary N) is 1. The Hall–Kier alpha value is -3.17. The highest BCUT2D eigenvalue weighted by Gasteiger charge is 2.31. The van der Waals surface area contributed by atoms with Gasteiger partial charge in [0.15, 0.2) is 5.82 Å². The summed E-state index contributed by atoms with van der Waals surface area (Å²) in [5.41, 5.74) is 1.33. The molecule has 0 unspecified atom stereocenters. The maximum Gasteiger partial charge on any atom is 0.573 e. The summed E-state index contributed by atoms with van der Waals surface area (Å²) in [7, 11) is 0. The molecule has 3 rings (SSSR count). The van der Waals surface area contributed by atoms with E-state index in [4.69, 9.17) is 11.6 Å². The second-order valence-corrected chi connectivity index (χ2v) is 7.04. The van der Waals surface area contributed by atoms with Crippen molar-refractivity contribution in [1.29, 1.82) is 0 Å². The summed E-state index contributed by atoms with van der Waals surface area (Å²) in [6.07, 6.45) is -4.80. The van der Waals surface area contributed by atoms with E-state index >= 15 is 0 Å². The zero-order valence-electron chi connectivity index (χ0n) is 16.2. The average molecular weight is 452 g/mol. The zero-order valence-corrected chi connectivity index (χ0v) is 16.9. The van der Waals surface area contributed by atoms with Crippen LogP contribution in [0.4, 0.5) is 13.2 Å². The molecule has 1 amide bonds. The molecule has 0 radical (unpaired) electrons. The number of hydrogen-bond donors (Lipinski definition) is 2. The molecule has 1 heterocycles. The van der Waals surface area contributed by atoms with Crippen molar-refractivity contribution in [3.8, 4) is 28.4 Å². The van der Waals surface area contributed by atoms with Crippen LogP contribution in [0.25, 0.3) is 22.6 Å². The third-order valence-corrected chi connectivity index (χ3v) is 4.31. The van der Waals surface area contributed by atoms with Gasteiger partial charge in [-0.05, 0) is 49.4 Å². The Kier molecular flexibility index (Phi) is 6.77. The van der Waals surface area contributed by atoms with Crippen molar-refractivity contribution >= 4 is 17.5 Å². The molecule has 0 fully saturated rings. The van der Waals surface area contributed by atoms with E-state index in [1.54, 1.807) is 31.2 Å². The Bertz CT molecular complexity index is 1080. The number of aromatic nitrogens is 2. The van der Waals surface area contributed by atoms with Crippen LogP contribution in [0, 0.1) is 0 Å². The van der Waals surface area contributed by atoms with Gasteiger partial charge in [0.05, 0.1) is 12.3 Å². The number of halogens is 4. The van der Waals surface area contributed by atoms with Crippen molar-refractivity contribution in [2.75, 3.05) is 6.61 Å². The number of carbonyl (C=O) groups excluding carboxylic acids is 1. The van der Waals surface area contributed by atoms with Crippen molar-refractivity contribution in [2.24, 2.45) is 0 Å². The molecule has 0 saturated heterocycles. The molecule has 1 aromatic heterocycles. The second-order valence-electron chi connectivity index (χ2n) is 6.60. The molecule has 2 N–H and O–H groups in total. The van der Waals surface area contributed by atoms with Crippen molar-refractivity contribution in [3.05, 3.63) is 65.3 Å². The lowest BCUT2D eigenvalue weighted by Gasteiger charge is -2.13. The summed E-state index contributed by atoms with van der Waals surface area (Å²) in [4.78, 5) is 21.3. The van der Waals surface area contributed by atoms with Gasteiger partial charge < -0.3 is 15.2 Å². The molecule has 0 bridgehead atoms. The van der Waals surface area contributed by atoms with Crippen molar-refractivity contribution in [1.82, 2.24) is 15.3 Å². The molecule has 1 atom stereocenters. The minimum Gasteiger partial charge on any atom is -0.406 e. The number of benzene rings is 2. The maximum absolute atomic E-state index is 12.6. The van der Waals surface area contributed by atoms with Crippen LogP contribution in [-0.4, -0.2) is 40.0 Å². The number of carbonyl (C=O) groups is 1. The number of hydrogen-bond acceptors (Lipinski definition) is 5. The normalized spacial score (nSPS) is 12.3. The van der Waals surface area contributed by atoms with Crippen LogP contribution in [0.2, 0.25) is 5.02 Å². The van der Waals surface area contributed by atoms with E-state index in [0.717, 1.165) is 12.1 Å². The van der Waals surface area contributed by atoms with Crippen molar-refractivity contribution < 1.29 is 27.8 Å². The first-order valence-corrected chi connectivity index (χ1v) is 9.45. The summed E-state index contributed by atoms with van der Waals surface area (Å²) in [5.74, 6) is -0.710. The third kappa shape index (κ3) is 6.16. The maximum atomic E-state index is 12.6. The van der Waals surface area contributed by atoms with Gasteiger partial charge >= 0.3 is 6.36 Å². The molecule has 162 valence electrons. The predicted octanol–water partition coefficient (Wildman–Crippen LogP) is 4.47. The SMILES string of the molecule is C[C@@H](CO)NC(=O)c1cc(-c2ccc(OC(F)(F)F)cc2)nc(-c2cccc(Cl)c2)n1. The van der Waals surface area contributed by atoms with E-state index in [9.17, 15) is 23.1 Å². The van der Waals surface area contributed by atoms with Crippen LogP contribution in [0.15, 0.2) is 54.6 Å². The molecule has 0 aliphatic carbocycles. The zero-order chi connectivity index (χ0) is 22.6. The van der Waals surface area contributed by atoms with Gasteiger partial charge in [0.25, 0.3) is 5.91 Å². The van der Waals surface area contributed by atoms with Gasteiger partial charge in [0.1, 0.15) is 11.4 Å². The molecule has 3 aromatic rings. The summed E-state index contributed by atoms with van der Waals surface area (Å²) < 4.78 is 41.1. The molecule has 2 aromatic carbocycles. The van der Waals surface area contributed by atoms with Gasteiger partial charge in [0, 0.05) is 22.2 Å². The van der Waals surface area contributed by atoms with Crippen LogP contribution in [0.1, 0.15) is 17.4 Å². The van der Waals surface area contributed by atoms with Gasteiger partial charge in [-0.3, -0.25) is 4.79 Å². The number of rotatable bonds is 6. The number of ether oxygens (including phenoxy) is 1. The van der Waals surface area contributed by atoms with E-state index in [0.29, 0.717) is 21.8 Å². The molecular formula is C21H17ClF3N3O3. The average Bonchev–Trinajstić information content (AvgIpc) is 2.72. The molecule has 0 aliphatic heterocycles. The lowest BCUT2D eigenvalue weighted by molar-refractivity contribution is -0.274. The number of amides is 1. The van der Waals surface area contributed by atoms with E-state index < -0.39 is 18.3 Å². The van der Waals surface area contributed by atoms with Crippen molar-refractivity contribution in [3.63, 3.8) is 0 Å². The first kappa shape index (κ1) is 22.5. The molecule has 31 heavy (non-hydrogen) atoms. The molecule has 0 aliphatic rings. The van der Waals surface area contributed by atoms with E-state index in [1.165, 1.54) is 18.2 Å². The monoisotopic (exact) mass is 451 g/mol. The summed E-state index contributed by atoms with van der Waals surface area (Å²) in [6.45, 7) is 1.36. The Labute approximate surface area is 180 Å². The van der Waals surface area contributed by atoms with Crippen LogP contribution in [-0.2, 0) is 0 Å². The first-order valence-electron chi connectivity index (χ1n) is 9.07. The summed E-state index contributed by atoms with van der Waals surface area (Å²) >= 11 is 6.04. The standard InChI is InChI=1S/C21H17ClF3N3O3/c1-12(11-29)26-20(30)18-10-17(13-5-7-16(8-6-13)31-21(23,24)25)27-19(28-18)14-3-2-4-15(22)9-14/h2-10,12,29H,11H2,1H3,(H,26,30)/t12-/m0/s1. The minimum atomic E-state index is -4.80. The van der Waals surface area contributed by atoms with Gasteiger partial charge in [-0.1, -0.05) is 23.7 Å². The van der Waals surface area contributed by atoms with Gasteiger partial charge in [-0.2, -0.15) is 0 Å². The minimum absolute atomic E-state index is 0.0240. The molecular weight excluding hydrogens is 435 g/mol. The fourth-order valence-corrected chi connectivity index (χ4v) is 2.83. The fourth-order valence-electron chi connectivity index (χ4n) is 2.64. The van der Waals surface area contributed by atoms with Crippen LogP contribution in [0.3, 0.4) is 0 Å². The summed E-state index contributed by atoms with van der Waals surface area (Å²) in [5, 5.41) is 12.2. The fraction of sp³-hybridized carbons (Fsp3) is 0.190. The lowest BCUT2D eigenvalue weighted by Crippen LogP contribution is -2.35. The Balaban J connectivity index is 2.03. The van der Waals surface area contributed by atoms with Gasteiger partial charge in [-0.15, -0.1) is 13.2 Å². The highest BCUT2D eigenvalue weighted by molar-refractivity contribution is 6.30. The van der Waals surface area contributed by atoms with E-state index in [1.807, 2.05) is 0 Å². The van der Waals surface area contributed by atoms with Gasteiger partial charge in [0.2, 0.25) is 0 Å². The molecule has 0 saturated carbocycles. The van der Waals surface area contributed by atoms with E-state index in [2.05, 4.69) is 20.0 Å². The molecule has 6 nitrogen and oxygen atoms in total. The Morgan fingerprint density at radius 1 is 1.13 bits per heavy atom. The van der Waals surface area contributed by atoms with Crippen molar-refractivity contribution in [2.45, 2.75) is 19.3 Å². The number of aliphatic hydroxyl groups excluding tert-OH is 1. The highest BCUT2D eigenvalue weighted by atomic mass is 35.5. The number of aliphatic hydroxyl groups is 1. The predicted molar refractivity (Wildman–Crippen MR) is 109 cm³/mol. The molecule has 10 heteroatoms. The van der Waals surface area contributed by atoms with E-state index in [-0.39, 0.29) is 23.9 Å². The topological polar surface area (TPSA) is 84.3 Å². The highest BCUT2D eigenvalue weighted by Crippen LogP contribution is 2.28. The largest absolute Gasteiger partial charge is 0.573 e. The summed E-state index contributed by atoms with van der Waals surface area (Å²) in [6, 6.07) is 12.7. The Morgan fingerprint density at radius 2 is 1.84 bits per heavy atom. The lowest BCUT2D eigenvalue weighted by atomic mass is 10.1. The number of nitrogens with zero attached hydrogens (tertiary/aromatic N) is 2. The van der Waals surface area contributed by atoms with Crippen LogP contribution < -0.4 is 10.1 Å². The third-order valence-electron chi connectivity index (χ3n) is 4.08. The van der Waals surface area contributed by atoms with Crippen LogP contribution >= 0.6 is 11.6 Å². The van der Waals surface area contributed by atoms with Gasteiger partial charge in [-0.25, -0.2) is 9.97 Å². The first-order chi connectivity index (χ1) is 14.6.